The predicted molar refractivity (Wildman–Crippen MR) is 85.1 cm³/mol. The van der Waals surface area contributed by atoms with E-state index in [4.69, 9.17) is 0 Å². The molecule has 0 unspecified atom stereocenters. The molecule has 22 heavy (non-hydrogen) atoms. The Labute approximate surface area is 130 Å². The molecule has 0 spiro atoms. The standard InChI is InChI=1S/C19H19NO2/c1-10(2)15-13-7-8-14(15)17-16(13)18(21)20(19(17)22)12-6-4-5-11(3)9-12/h4-9,13-14,16-17H,1-3H3/t13-,14-,16-,17+/m1/s1. The number of amides is 2. The third-order valence-electron chi connectivity index (χ3n) is 5.25. The topological polar surface area (TPSA) is 37.4 Å². The van der Waals surface area contributed by atoms with Crippen LogP contribution in [0.25, 0.3) is 0 Å². The van der Waals surface area contributed by atoms with Crippen LogP contribution in [0.1, 0.15) is 19.4 Å². The molecule has 3 nitrogen and oxygen atoms in total. The van der Waals surface area contributed by atoms with Crippen molar-refractivity contribution >= 4 is 17.5 Å². The number of benzene rings is 1. The molecule has 0 N–H and O–H groups in total. The first kappa shape index (κ1) is 13.5. The number of hydrogen-bond donors (Lipinski definition) is 0. The zero-order valence-corrected chi connectivity index (χ0v) is 13.0. The molecule has 2 fully saturated rings. The number of hydrogen-bond acceptors (Lipinski definition) is 2. The van der Waals surface area contributed by atoms with Crippen LogP contribution >= 0.6 is 0 Å². The van der Waals surface area contributed by atoms with Gasteiger partial charge in [0, 0.05) is 11.8 Å². The van der Waals surface area contributed by atoms with E-state index < -0.39 is 0 Å². The molecule has 1 aliphatic heterocycles. The summed E-state index contributed by atoms with van der Waals surface area (Å²) in [7, 11) is 0. The van der Waals surface area contributed by atoms with Gasteiger partial charge in [-0.05, 0) is 38.5 Å². The van der Waals surface area contributed by atoms with Crippen molar-refractivity contribution in [1.29, 1.82) is 0 Å². The third-order valence-corrected chi connectivity index (χ3v) is 5.25. The maximum atomic E-state index is 12.9. The Morgan fingerprint density at radius 2 is 1.59 bits per heavy atom. The largest absolute Gasteiger partial charge is 0.274 e. The monoisotopic (exact) mass is 293 g/mol. The number of rotatable bonds is 1. The van der Waals surface area contributed by atoms with Crippen molar-refractivity contribution in [2.24, 2.45) is 23.7 Å². The number of anilines is 1. The molecule has 4 atom stereocenters. The molecular formula is C19H19NO2. The zero-order chi connectivity index (χ0) is 15.6. The number of carbonyl (C=O) groups is 2. The predicted octanol–water partition coefficient (Wildman–Crippen LogP) is 3.25. The van der Waals surface area contributed by atoms with E-state index in [0.29, 0.717) is 5.69 Å². The average molecular weight is 293 g/mol. The lowest BCUT2D eigenvalue weighted by molar-refractivity contribution is -0.122. The number of nitrogens with zero attached hydrogens (tertiary/aromatic N) is 1. The van der Waals surface area contributed by atoms with Gasteiger partial charge in [-0.25, -0.2) is 4.90 Å². The molecule has 2 bridgehead atoms. The van der Waals surface area contributed by atoms with E-state index in [1.165, 1.54) is 16.0 Å². The minimum atomic E-state index is -0.201. The highest BCUT2D eigenvalue weighted by molar-refractivity contribution is 6.23. The van der Waals surface area contributed by atoms with E-state index in [1.807, 2.05) is 31.2 Å². The highest BCUT2D eigenvalue weighted by Gasteiger charge is 2.61. The zero-order valence-electron chi connectivity index (χ0n) is 13.0. The Morgan fingerprint density at radius 3 is 2.09 bits per heavy atom. The normalized spacial score (nSPS) is 32.1. The molecule has 1 aromatic carbocycles. The first-order chi connectivity index (χ1) is 10.5. The SMILES string of the molecule is CC(C)=C1[C@H]2C=C[C@H]1[C@H]1C(=O)N(c3cccc(C)c3)C(=O)[C@H]12. The molecule has 0 radical (unpaired) electrons. The van der Waals surface area contributed by atoms with Gasteiger partial charge in [-0.1, -0.05) is 35.4 Å². The summed E-state index contributed by atoms with van der Waals surface area (Å²) in [5.41, 5.74) is 4.31. The Morgan fingerprint density at radius 1 is 1.00 bits per heavy atom. The van der Waals surface area contributed by atoms with Crippen LogP contribution in [0.5, 0.6) is 0 Å². The summed E-state index contributed by atoms with van der Waals surface area (Å²) < 4.78 is 0. The van der Waals surface area contributed by atoms with E-state index in [9.17, 15) is 9.59 Å². The average Bonchev–Trinajstić information content (AvgIpc) is 3.09. The molecule has 4 rings (SSSR count). The highest BCUT2D eigenvalue weighted by atomic mass is 16.2. The van der Waals surface area contributed by atoms with Gasteiger partial charge >= 0.3 is 0 Å². The van der Waals surface area contributed by atoms with Gasteiger partial charge in [-0.3, -0.25) is 9.59 Å². The van der Waals surface area contributed by atoms with Crippen LogP contribution < -0.4 is 4.90 Å². The van der Waals surface area contributed by atoms with Crippen molar-refractivity contribution in [3.8, 4) is 0 Å². The third kappa shape index (κ3) is 1.57. The summed E-state index contributed by atoms with van der Waals surface area (Å²) in [6.07, 6.45) is 4.25. The van der Waals surface area contributed by atoms with Crippen LogP contribution in [0.4, 0.5) is 5.69 Å². The molecule has 3 aliphatic rings. The van der Waals surface area contributed by atoms with Gasteiger partial charge in [-0.15, -0.1) is 0 Å². The quantitative estimate of drug-likeness (QED) is 0.589. The number of fused-ring (bicyclic) bond motifs is 5. The molecule has 0 aromatic heterocycles. The Hall–Kier alpha value is -2.16. The van der Waals surface area contributed by atoms with Gasteiger partial charge in [0.1, 0.15) is 0 Å². The fourth-order valence-electron chi connectivity index (χ4n) is 4.45. The van der Waals surface area contributed by atoms with Crippen molar-refractivity contribution in [3.05, 3.63) is 53.1 Å². The molecule has 2 amide bonds. The molecule has 3 heteroatoms. The molecule has 1 saturated heterocycles. The number of allylic oxidation sites excluding steroid dienone is 4. The van der Waals surface area contributed by atoms with Crippen molar-refractivity contribution in [3.63, 3.8) is 0 Å². The fraction of sp³-hybridized carbons (Fsp3) is 0.368. The molecular weight excluding hydrogens is 274 g/mol. The summed E-state index contributed by atoms with van der Waals surface area (Å²) in [4.78, 5) is 27.2. The summed E-state index contributed by atoms with van der Waals surface area (Å²) in [6.45, 7) is 6.13. The smallest absolute Gasteiger partial charge is 0.238 e. The van der Waals surface area contributed by atoms with Crippen molar-refractivity contribution in [2.75, 3.05) is 4.90 Å². The van der Waals surface area contributed by atoms with E-state index in [0.717, 1.165) is 5.56 Å². The maximum absolute atomic E-state index is 12.9. The fourth-order valence-corrected chi connectivity index (χ4v) is 4.45. The van der Waals surface area contributed by atoms with Crippen LogP contribution in [0.3, 0.4) is 0 Å². The summed E-state index contributed by atoms with van der Waals surface area (Å²) >= 11 is 0. The van der Waals surface area contributed by atoms with E-state index in [2.05, 4.69) is 26.0 Å². The summed E-state index contributed by atoms with van der Waals surface area (Å²) in [6, 6.07) is 7.63. The molecule has 112 valence electrons. The Bertz CT molecular complexity index is 720. The number of aryl methyl sites for hydroxylation is 1. The van der Waals surface area contributed by atoms with E-state index in [-0.39, 0.29) is 35.5 Å². The molecule has 1 aromatic rings. The molecule has 2 aliphatic carbocycles. The molecule has 1 heterocycles. The first-order valence-corrected chi connectivity index (χ1v) is 7.81. The van der Waals surface area contributed by atoms with Crippen molar-refractivity contribution in [1.82, 2.24) is 0 Å². The minimum absolute atomic E-state index is 0.0313. The number of imide groups is 1. The lowest BCUT2D eigenvalue weighted by atomic mass is 9.85. The van der Waals surface area contributed by atoms with Crippen molar-refractivity contribution in [2.45, 2.75) is 20.8 Å². The van der Waals surface area contributed by atoms with E-state index >= 15 is 0 Å². The second-order valence-electron chi connectivity index (χ2n) is 6.79. The van der Waals surface area contributed by atoms with Gasteiger partial charge in [0.25, 0.3) is 0 Å². The summed E-state index contributed by atoms with van der Waals surface area (Å²) in [5, 5.41) is 0. The van der Waals surface area contributed by atoms with Crippen LogP contribution in [-0.2, 0) is 9.59 Å². The Kier molecular flexibility index (Phi) is 2.71. The van der Waals surface area contributed by atoms with Gasteiger partial charge in [0.05, 0.1) is 17.5 Å². The Balaban J connectivity index is 1.78. The van der Waals surface area contributed by atoms with Gasteiger partial charge in [0.2, 0.25) is 11.8 Å². The van der Waals surface area contributed by atoms with Crippen LogP contribution in [0.2, 0.25) is 0 Å². The van der Waals surface area contributed by atoms with Gasteiger partial charge in [-0.2, -0.15) is 0 Å². The van der Waals surface area contributed by atoms with Gasteiger partial charge < -0.3 is 0 Å². The van der Waals surface area contributed by atoms with Crippen LogP contribution in [0, 0.1) is 30.6 Å². The second kappa shape index (κ2) is 4.42. The van der Waals surface area contributed by atoms with Crippen LogP contribution in [-0.4, -0.2) is 11.8 Å². The van der Waals surface area contributed by atoms with Gasteiger partial charge in [0.15, 0.2) is 0 Å². The first-order valence-electron chi connectivity index (χ1n) is 7.81. The summed E-state index contributed by atoms with van der Waals surface area (Å²) in [5.74, 6) is -0.231. The lowest BCUT2D eigenvalue weighted by Crippen LogP contribution is -2.33. The highest BCUT2D eigenvalue weighted by Crippen LogP contribution is 2.57. The minimum Gasteiger partial charge on any atom is -0.274 e. The van der Waals surface area contributed by atoms with Crippen LogP contribution in [0.15, 0.2) is 47.6 Å². The lowest BCUT2D eigenvalue weighted by Gasteiger charge is -2.19. The van der Waals surface area contributed by atoms with E-state index in [1.54, 1.807) is 0 Å². The van der Waals surface area contributed by atoms with Crippen molar-refractivity contribution < 1.29 is 9.59 Å². The number of carbonyl (C=O) groups excluding carboxylic acids is 2. The maximum Gasteiger partial charge on any atom is 0.238 e. The molecule has 1 saturated carbocycles. The second-order valence-corrected chi connectivity index (χ2v) is 6.79.